The quantitative estimate of drug-likeness (QED) is 0.749. The second kappa shape index (κ2) is 7.15. The molecule has 1 unspecified atom stereocenters. The number of benzene rings is 1. The van der Waals surface area contributed by atoms with Crippen LogP contribution < -0.4 is 4.90 Å². The van der Waals surface area contributed by atoms with Gasteiger partial charge in [0.1, 0.15) is 16.5 Å². The minimum Gasteiger partial charge on any atom is -0.355 e. The van der Waals surface area contributed by atoms with Crippen molar-refractivity contribution in [3.63, 3.8) is 0 Å². The molecule has 0 amide bonds. The minimum atomic E-state index is -3.32. The van der Waals surface area contributed by atoms with Gasteiger partial charge in [-0.25, -0.2) is 18.4 Å². The van der Waals surface area contributed by atoms with Crippen molar-refractivity contribution in [3.05, 3.63) is 60.7 Å². The molecule has 0 radical (unpaired) electrons. The van der Waals surface area contributed by atoms with Gasteiger partial charge < -0.3 is 9.88 Å². The standard InChI is InChI=1S/C20H22N4O2S/c1-27(25,26)18-10-5-11-21-20(18)24-12-6-9-16(14-24)19-22-13-17(23-19)15-7-3-2-4-8-15/h2-5,7-8,10-11,13,16H,6,9,12,14H2,1H3,(H,22,23). The molecule has 1 fully saturated rings. The van der Waals surface area contributed by atoms with Gasteiger partial charge in [-0.3, -0.25) is 0 Å². The molecule has 7 heteroatoms. The second-order valence-corrected chi connectivity index (χ2v) is 8.91. The highest BCUT2D eigenvalue weighted by Gasteiger charge is 2.27. The number of sulfone groups is 1. The number of nitrogens with zero attached hydrogens (tertiary/aromatic N) is 3. The normalized spacial score (nSPS) is 17.8. The minimum absolute atomic E-state index is 0.214. The summed E-state index contributed by atoms with van der Waals surface area (Å²) < 4.78 is 24.2. The molecular formula is C20H22N4O2S. The number of H-pyrrole nitrogens is 1. The summed E-state index contributed by atoms with van der Waals surface area (Å²) in [6.45, 7) is 1.49. The van der Waals surface area contributed by atoms with E-state index in [0.717, 1.165) is 36.5 Å². The predicted molar refractivity (Wildman–Crippen MR) is 106 cm³/mol. The number of nitrogens with one attached hydrogen (secondary N) is 1. The first-order chi connectivity index (χ1) is 13.0. The number of rotatable bonds is 4. The van der Waals surface area contributed by atoms with Crippen molar-refractivity contribution in [2.24, 2.45) is 0 Å². The van der Waals surface area contributed by atoms with E-state index in [1.165, 1.54) is 6.26 Å². The van der Waals surface area contributed by atoms with Crippen molar-refractivity contribution in [1.82, 2.24) is 15.0 Å². The third-order valence-corrected chi connectivity index (χ3v) is 6.06. The molecule has 27 heavy (non-hydrogen) atoms. The Morgan fingerprint density at radius 1 is 1.11 bits per heavy atom. The molecule has 1 aliphatic heterocycles. The van der Waals surface area contributed by atoms with Crippen LogP contribution in [0.1, 0.15) is 24.6 Å². The Balaban J connectivity index is 1.59. The van der Waals surface area contributed by atoms with Crippen LogP contribution in [-0.2, 0) is 9.84 Å². The van der Waals surface area contributed by atoms with Crippen molar-refractivity contribution >= 4 is 15.7 Å². The molecule has 1 aliphatic rings. The molecular weight excluding hydrogens is 360 g/mol. The van der Waals surface area contributed by atoms with E-state index in [9.17, 15) is 8.42 Å². The number of anilines is 1. The van der Waals surface area contributed by atoms with E-state index >= 15 is 0 Å². The number of piperidine rings is 1. The molecule has 3 aromatic rings. The van der Waals surface area contributed by atoms with Gasteiger partial charge in [-0.05, 0) is 30.5 Å². The van der Waals surface area contributed by atoms with Gasteiger partial charge in [0.05, 0.1) is 11.9 Å². The van der Waals surface area contributed by atoms with Crippen molar-refractivity contribution in [2.75, 3.05) is 24.2 Å². The van der Waals surface area contributed by atoms with Crippen molar-refractivity contribution in [2.45, 2.75) is 23.7 Å². The molecule has 1 N–H and O–H groups in total. The maximum Gasteiger partial charge on any atom is 0.179 e. The number of pyridine rings is 1. The zero-order valence-electron chi connectivity index (χ0n) is 15.2. The van der Waals surface area contributed by atoms with E-state index in [-0.39, 0.29) is 10.8 Å². The van der Waals surface area contributed by atoms with Crippen LogP contribution in [0, 0.1) is 0 Å². The Hall–Kier alpha value is -2.67. The van der Waals surface area contributed by atoms with Gasteiger partial charge in [0.2, 0.25) is 0 Å². The van der Waals surface area contributed by atoms with Gasteiger partial charge in [-0.15, -0.1) is 0 Å². The molecule has 140 valence electrons. The van der Waals surface area contributed by atoms with E-state index in [4.69, 9.17) is 0 Å². The third-order valence-electron chi connectivity index (χ3n) is 4.94. The fraction of sp³-hybridized carbons (Fsp3) is 0.300. The summed E-state index contributed by atoms with van der Waals surface area (Å²) >= 11 is 0. The Morgan fingerprint density at radius 2 is 1.93 bits per heavy atom. The highest BCUT2D eigenvalue weighted by molar-refractivity contribution is 7.90. The lowest BCUT2D eigenvalue weighted by atomic mass is 9.97. The van der Waals surface area contributed by atoms with E-state index in [1.54, 1.807) is 18.3 Å². The monoisotopic (exact) mass is 382 g/mol. The van der Waals surface area contributed by atoms with E-state index < -0.39 is 9.84 Å². The SMILES string of the molecule is CS(=O)(=O)c1cccnc1N1CCCC(c2ncc(-c3ccccc3)[nH]2)C1. The van der Waals surface area contributed by atoms with Gasteiger partial charge in [0.15, 0.2) is 9.84 Å². The molecule has 1 aromatic carbocycles. The van der Waals surface area contributed by atoms with Crippen LogP contribution in [0.4, 0.5) is 5.82 Å². The van der Waals surface area contributed by atoms with Gasteiger partial charge >= 0.3 is 0 Å². The van der Waals surface area contributed by atoms with Crippen molar-refractivity contribution in [3.8, 4) is 11.3 Å². The number of aromatic amines is 1. The Morgan fingerprint density at radius 3 is 2.70 bits per heavy atom. The summed E-state index contributed by atoms with van der Waals surface area (Å²) in [5.74, 6) is 1.69. The summed E-state index contributed by atoms with van der Waals surface area (Å²) in [7, 11) is -3.32. The van der Waals surface area contributed by atoms with Crippen LogP contribution in [0.2, 0.25) is 0 Å². The average molecular weight is 382 g/mol. The maximum absolute atomic E-state index is 12.1. The summed E-state index contributed by atoms with van der Waals surface area (Å²) in [4.78, 5) is 14.8. The summed E-state index contributed by atoms with van der Waals surface area (Å²) in [6, 6.07) is 13.4. The number of aromatic nitrogens is 3. The molecule has 1 atom stereocenters. The second-order valence-electron chi connectivity index (χ2n) is 6.93. The molecule has 0 bridgehead atoms. The zero-order valence-corrected chi connectivity index (χ0v) is 16.0. The molecule has 2 aromatic heterocycles. The average Bonchev–Trinajstić information content (AvgIpc) is 3.18. The molecule has 3 heterocycles. The Labute approximate surface area is 159 Å². The van der Waals surface area contributed by atoms with Crippen molar-refractivity contribution < 1.29 is 8.42 Å². The fourth-order valence-electron chi connectivity index (χ4n) is 3.61. The molecule has 6 nitrogen and oxygen atoms in total. The highest BCUT2D eigenvalue weighted by atomic mass is 32.2. The summed E-state index contributed by atoms with van der Waals surface area (Å²) in [5, 5.41) is 0. The van der Waals surface area contributed by atoms with Crippen LogP contribution in [0.15, 0.2) is 59.8 Å². The van der Waals surface area contributed by atoms with Gasteiger partial charge in [-0.2, -0.15) is 0 Å². The molecule has 0 spiro atoms. The molecule has 0 aliphatic carbocycles. The largest absolute Gasteiger partial charge is 0.355 e. The van der Waals surface area contributed by atoms with Crippen LogP contribution in [0.25, 0.3) is 11.3 Å². The van der Waals surface area contributed by atoms with Crippen LogP contribution in [0.3, 0.4) is 0 Å². The van der Waals surface area contributed by atoms with E-state index in [0.29, 0.717) is 12.4 Å². The smallest absolute Gasteiger partial charge is 0.179 e. The van der Waals surface area contributed by atoms with Gasteiger partial charge in [0, 0.05) is 31.5 Å². The molecule has 1 saturated heterocycles. The lowest BCUT2D eigenvalue weighted by molar-refractivity contribution is 0.489. The molecule has 4 rings (SSSR count). The lowest BCUT2D eigenvalue weighted by Gasteiger charge is -2.33. The lowest BCUT2D eigenvalue weighted by Crippen LogP contribution is -2.36. The fourth-order valence-corrected chi connectivity index (χ4v) is 4.45. The van der Waals surface area contributed by atoms with Gasteiger partial charge in [0.25, 0.3) is 0 Å². The highest BCUT2D eigenvalue weighted by Crippen LogP contribution is 2.31. The summed E-state index contributed by atoms with van der Waals surface area (Å²) in [6.07, 6.45) is 6.72. The Bertz CT molecular complexity index is 1030. The molecule has 0 saturated carbocycles. The maximum atomic E-state index is 12.1. The Kier molecular flexibility index (Phi) is 4.70. The van der Waals surface area contributed by atoms with Crippen molar-refractivity contribution in [1.29, 1.82) is 0 Å². The third kappa shape index (κ3) is 3.73. The van der Waals surface area contributed by atoms with Gasteiger partial charge in [-0.1, -0.05) is 30.3 Å². The predicted octanol–water partition coefficient (Wildman–Crippen LogP) is 3.26. The van der Waals surface area contributed by atoms with Crippen LogP contribution >= 0.6 is 0 Å². The van der Waals surface area contributed by atoms with Crippen LogP contribution in [0.5, 0.6) is 0 Å². The zero-order chi connectivity index (χ0) is 18.9. The van der Waals surface area contributed by atoms with E-state index in [1.807, 2.05) is 24.4 Å². The number of imidazole rings is 1. The first-order valence-corrected chi connectivity index (χ1v) is 10.9. The first kappa shape index (κ1) is 17.7. The number of hydrogen-bond acceptors (Lipinski definition) is 5. The van der Waals surface area contributed by atoms with Crippen LogP contribution in [-0.4, -0.2) is 42.7 Å². The topological polar surface area (TPSA) is 79.0 Å². The summed E-state index contributed by atoms with van der Waals surface area (Å²) in [5.41, 5.74) is 2.10. The number of hydrogen-bond donors (Lipinski definition) is 1. The van der Waals surface area contributed by atoms with E-state index in [2.05, 4.69) is 32.0 Å². The first-order valence-electron chi connectivity index (χ1n) is 9.03.